The zero-order valence-electron chi connectivity index (χ0n) is 17.9. The number of carbonyl (C=O) groups excluding carboxylic acids is 1. The van der Waals surface area contributed by atoms with Crippen LogP contribution in [0.25, 0.3) is 0 Å². The van der Waals surface area contributed by atoms with E-state index >= 15 is 0 Å². The van der Waals surface area contributed by atoms with Gasteiger partial charge in [0.25, 0.3) is 0 Å². The number of methoxy groups -OCH3 is 1. The Morgan fingerprint density at radius 1 is 1.27 bits per heavy atom. The largest absolute Gasteiger partial charge is 0.383 e. The molecule has 0 saturated carbocycles. The molecule has 8 heteroatoms. The van der Waals surface area contributed by atoms with Crippen LogP contribution >= 0.6 is 0 Å². The average molecular weight is 414 g/mol. The maximum Gasteiger partial charge on any atom is 0.345 e. The van der Waals surface area contributed by atoms with Crippen LogP contribution < -0.4 is 15.9 Å². The highest BCUT2D eigenvalue weighted by Gasteiger charge is 2.23. The molecular weight excluding hydrogens is 382 g/mol. The summed E-state index contributed by atoms with van der Waals surface area (Å²) in [5.74, 6) is 1.10. The molecule has 0 radical (unpaired) electrons. The number of rotatable bonds is 6. The number of hydrogen-bond acceptors (Lipinski definition) is 5. The summed E-state index contributed by atoms with van der Waals surface area (Å²) in [6.07, 6.45) is 5.13. The fraction of sp³-hybridized carbons (Fsp3) is 0.591. The number of nitrogens with zero attached hydrogens (tertiary/aromatic N) is 4. The Morgan fingerprint density at radius 3 is 2.97 bits per heavy atom. The quantitative estimate of drug-likeness (QED) is 0.784. The van der Waals surface area contributed by atoms with Gasteiger partial charge < -0.3 is 15.0 Å². The molecule has 2 aliphatic rings. The minimum Gasteiger partial charge on any atom is -0.383 e. The van der Waals surface area contributed by atoms with Gasteiger partial charge in [0.15, 0.2) is 0 Å². The first-order valence-electron chi connectivity index (χ1n) is 10.8. The molecule has 2 aliphatic heterocycles. The second kappa shape index (κ2) is 9.04. The predicted molar refractivity (Wildman–Crippen MR) is 116 cm³/mol. The number of hydrogen-bond donors (Lipinski definition) is 1. The lowest BCUT2D eigenvalue weighted by Gasteiger charge is -2.28. The Morgan fingerprint density at radius 2 is 2.13 bits per heavy atom. The summed E-state index contributed by atoms with van der Waals surface area (Å²) in [5.41, 5.74) is 3.33. The van der Waals surface area contributed by atoms with Gasteiger partial charge in [-0.1, -0.05) is 6.07 Å². The van der Waals surface area contributed by atoms with Crippen molar-refractivity contribution < 1.29 is 9.53 Å². The van der Waals surface area contributed by atoms with Crippen LogP contribution in [0, 0.1) is 5.92 Å². The third kappa shape index (κ3) is 4.43. The number of aromatic nitrogens is 3. The van der Waals surface area contributed by atoms with Gasteiger partial charge in [-0.15, -0.1) is 0 Å². The summed E-state index contributed by atoms with van der Waals surface area (Å²) in [6, 6.07) is 6.21. The Hall–Kier alpha value is -2.61. The van der Waals surface area contributed by atoms with Crippen LogP contribution in [0.2, 0.25) is 0 Å². The molecule has 4 rings (SSSR count). The van der Waals surface area contributed by atoms with E-state index in [0.717, 1.165) is 43.7 Å². The molecule has 1 atom stereocenters. The fourth-order valence-corrected chi connectivity index (χ4v) is 4.52. The molecule has 1 aromatic heterocycles. The molecule has 3 heterocycles. The van der Waals surface area contributed by atoms with Gasteiger partial charge in [0.2, 0.25) is 5.91 Å². The standard InChI is InChI=1S/C22H31N5O3/c1-25-10-3-4-17-6-7-18(15-19(17)25)23-21(28)14-16-5-8-20-24-27(12-13-30-2)22(29)26(20)11-9-16/h6-7,15-16H,3-5,8-14H2,1-2H3,(H,23,28). The van der Waals surface area contributed by atoms with E-state index in [4.69, 9.17) is 4.74 Å². The van der Waals surface area contributed by atoms with Crippen LogP contribution in [0.3, 0.4) is 0 Å². The average Bonchev–Trinajstić information content (AvgIpc) is 2.89. The van der Waals surface area contributed by atoms with Crippen LogP contribution in [0.15, 0.2) is 23.0 Å². The summed E-state index contributed by atoms with van der Waals surface area (Å²) in [5, 5.41) is 7.53. The molecule has 0 spiro atoms. The van der Waals surface area contributed by atoms with E-state index in [1.54, 1.807) is 11.7 Å². The number of anilines is 2. The molecule has 1 amide bonds. The maximum atomic E-state index is 12.7. The van der Waals surface area contributed by atoms with E-state index < -0.39 is 0 Å². The van der Waals surface area contributed by atoms with Gasteiger partial charge in [0.1, 0.15) is 5.82 Å². The van der Waals surface area contributed by atoms with Crippen molar-refractivity contribution in [2.45, 2.75) is 51.6 Å². The predicted octanol–water partition coefficient (Wildman–Crippen LogP) is 2.05. The molecule has 1 unspecified atom stereocenters. The Bertz CT molecular complexity index is 964. The van der Waals surface area contributed by atoms with Crippen LogP contribution in [-0.4, -0.2) is 47.6 Å². The van der Waals surface area contributed by atoms with Gasteiger partial charge in [0, 0.05) is 51.5 Å². The number of aryl methyl sites for hydroxylation is 2. The van der Waals surface area contributed by atoms with Gasteiger partial charge in [-0.3, -0.25) is 9.36 Å². The number of nitrogens with one attached hydrogen (secondary N) is 1. The monoisotopic (exact) mass is 413 g/mol. The number of ether oxygens (including phenoxy) is 1. The summed E-state index contributed by atoms with van der Waals surface area (Å²) in [6.45, 7) is 2.60. The highest BCUT2D eigenvalue weighted by atomic mass is 16.5. The molecule has 0 aliphatic carbocycles. The Balaban J connectivity index is 1.34. The van der Waals surface area contributed by atoms with Crippen molar-refractivity contribution in [2.24, 2.45) is 5.92 Å². The third-order valence-electron chi connectivity index (χ3n) is 6.24. The minimum absolute atomic E-state index is 0.0375. The molecule has 0 saturated heterocycles. The van der Waals surface area contributed by atoms with E-state index in [0.29, 0.717) is 26.1 Å². The maximum absolute atomic E-state index is 12.7. The molecule has 0 fully saturated rings. The first-order valence-corrected chi connectivity index (χ1v) is 10.8. The van der Waals surface area contributed by atoms with Crippen LogP contribution in [0.5, 0.6) is 0 Å². The Kier molecular flexibility index (Phi) is 6.22. The highest BCUT2D eigenvalue weighted by molar-refractivity contribution is 5.91. The first kappa shape index (κ1) is 20.7. The van der Waals surface area contributed by atoms with Crippen molar-refractivity contribution in [3.8, 4) is 0 Å². The summed E-state index contributed by atoms with van der Waals surface area (Å²) in [7, 11) is 3.71. The second-order valence-corrected chi connectivity index (χ2v) is 8.38. The number of fused-ring (bicyclic) bond motifs is 2. The zero-order chi connectivity index (χ0) is 21.1. The molecule has 1 aromatic carbocycles. The SMILES string of the molecule is COCCn1nc2n(c1=O)CCC(CC(=O)Nc1ccc3c(c1)N(C)CCC3)CC2. The van der Waals surface area contributed by atoms with Gasteiger partial charge in [0.05, 0.1) is 13.2 Å². The number of amides is 1. The van der Waals surface area contributed by atoms with Gasteiger partial charge in [-0.2, -0.15) is 5.10 Å². The van der Waals surface area contributed by atoms with Crippen LogP contribution in [0.4, 0.5) is 11.4 Å². The van der Waals surface area contributed by atoms with Gasteiger partial charge in [-0.05, 0) is 49.3 Å². The van der Waals surface area contributed by atoms with E-state index in [1.807, 2.05) is 6.07 Å². The van der Waals surface area contributed by atoms with Crippen LogP contribution in [0.1, 0.15) is 37.1 Å². The molecule has 8 nitrogen and oxygen atoms in total. The van der Waals surface area contributed by atoms with E-state index in [2.05, 4.69) is 34.5 Å². The zero-order valence-corrected chi connectivity index (χ0v) is 17.9. The Labute approximate surface area is 176 Å². The number of carbonyl (C=O) groups is 1. The van der Waals surface area contributed by atoms with E-state index in [9.17, 15) is 9.59 Å². The van der Waals surface area contributed by atoms with Crippen molar-refractivity contribution >= 4 is 17.3 Å². The lowest BCUT2D eigenvalue weighted by Crippen LogP contribution is -2.27. The fourth-order valence-electron chi connectivity index (χ4n) is 4.52. The first-order chi connectivity index (χ1) is 14.5. The molecule has 1 N–H and O–H groups in total. The lowest BCUT2D eigenvalue weighted by molar-refractivity contribution is -0.117. The van der Waals surface area contributed by atoms with Gasteiger partial charge >= 0.3 is 5.69 Å². The topological polar surface area (TPSA) is 81.4 Å². The summed E-state index contributed by atoms with van der Waals surface area (Å²) in [4.78, 5) is 27.4. The van der Waals surface area contributed by atoms with Crippen molar-refractivity contribution in [3.05, 3.63) is 40.1 Å². The van der Waals surface area contributed by atoms with Crippen LogP contribution in [-0.2, 0) is 35.5 Å². The van der Waals surface area contributed by atoms with Crippen molar-refractivity contribution in [1.29, 1.82) is 0 Å². The molecule has 30 heavy (non-hydrogen) atoms. The van der Waals surface area contributed by atoms with Crippen molar-refractivity contribution in [2.75, 3.05) is 37.5 Å². The molecule has 0 bridgehead atoms. The molecular formula is C22H31N5O3. The van der Waals surface area contributed by atoms with Crippen molar-refractivity contribution in [3.63, 3.8) is 0 Å². The molecule has 162 valence electrons. The highest BCUT2D eigenvalue weighted by Crippen LogP contribution is 2.29. The normalized spacial score (nSPS) is 18.5. The third-order valence-corrected chi connectivity index (χ3v) is 6.24. The van der Waals surface area contributed by atoms with Gasteiger partial charge in [-0.25, -0.2) is 9.48 Å². The second-order valence-electron chi connectivity index (χ2n) is 8.38. The minimum atomic E-state index is -0.0784. The van der Waals surface area contributed by atoms with E-state index in [-0.39, 0.29) is 17.5 Å². The summed E-state index contributed by atoms with van der Waals surface area (Å²) >= 11 is 0. The number of benzene rings is 1. The lowest BCUT2D eigenvalue weighted by atomic mass is 9.96. The molecule has 2 aromatic rings. The smallest absolute Gasteiger partial charge is 0.345 e. The van der Waals surface area contributed by atoms with E-state index in [1.165, 1.54) is 22.4 Å². The van der Waals surface area contributed by atoms with Crippen molar-refractivity contribution in [1.82, 2.24) is 14.3 Å². The summed E-state index contributed by atoms with van der Waals surface area (Å²) < 4.78 is 8.29.